The molecule has 1 aromatic carbocycles. The maximum atomic E-state index is 13.5. The van der Waals surface area contributed by atoms with Crippen LogP contribution in [0.5, 0.6) is 0 Å². The lowest BCUT2D eigenvalue weighted by atomic mass is 9.99. The van der Waals surface area contributed by atoms with Gasteiger partial charge in [-0.2, -0.15) is 0 Å². The van der Waals surface area contributed by atoms with E-state index in [0.717, 1.165) is 11.3 Å². The standard InChI is InChI=1S/C25H29N3O4/c1-17(2)12-27-13-19(32-16-18-7-5-6-10-26-18)14-28(15-24(27)30)25(31)22-11-23(29)21-9-4-3-8-20(21)22/h3-10,17,19,22H,11-16H2,1-2H3/t19-,22+/m1/s1. The largest absolute Gasteiger partial charge is 0.368 e. The zero-order valence-electron chi connectivity index (χ0n) is 18.6. The first-order chi connectivity index (χ1) is 15.4. The zero-order chi connectivity index (χ0) is 22.7. The van der Waals surface area contributed by atoms with Crippen LogP contribution in [0.25, 0.3) is 0 Å². The summed E-state index contributed by atoms with van der Waals surface area (Å²) in [6, 6.07) is 12.9. The number of fused-ring (bicyclic) bond motifs is 1. The van der Waals surface area contributed by atoms with Crippen molar-refractivity contribution in [3.8, 4) is 0 Å². The molecule has 4 rings (SSSR count). The van der Waals surface area contributed by atoms with Crippen LogP contribution in [0.15, 0.2) is 48.7 Å². The molecule has 168 valence electrons. The summed E-state index contributed by atoms with van der Waals surface area (Å²) in [6.45, 7) is 5.77. The van der Waals surface area contributed by atoms with Crippen molar-refractivity contribution in [1.82, 2.24) is 14.8 Å². The summed E-state index contributed by atoms with van der Waals surface area (Å²) in [7, 11) is 0. The summed E-state index contributed by atoms with van der Waals surface area (Å²) in [5.41, 5.74) is 2.16. The summed E-state index contributed by atoms with van der Waals surface area (Å²) in [6.07, 6.45) is 1.53. The van der Waals surface area contributed by atoms with E-state index < -0.39 is 5.92 Å². The van der Waals surface area contributed by atoms with Gasteiger partial charge in [0.2, 0.25) is 11.8 Å². The van der Waals surface area contributed by atoms with Crippen molar-refractivity contribution in [3.05, 3.63) is 65.5 Å². The van der Waals surface area contributed by atoms with Gasteiger partial charge < -0.3 is 14.5 Å². The van der Waals surface area contributed by atoms with Gasteiger partial charge in [0.25, 0.3) is 0 Å². The van der Waals surface area contributed by atoms with Crippen LogP contribution >= 0.6 is 0 Å². The fourth-order valence-electron chi connectivity index (χ4n) is 4.46. The zero-order valence-corrected chi connectivity index (χ0v) is 18.6. The van der Waals surface area contributed by atoms with E-state index in [1.165, 1.54) is 0 Å². The lowest BCUT2D eigenvalue weighted by Crippen LogP contribution is -2.42. The third-order valence-electron chi connectivity index (χ3n) is 5.94. The number of hydrogen-bond donors (Lipinski definition) is 0. The fourth-order valence-corrected chi connectivity index (χ4v) is 4.46. The van der Waals surface area contributed by atoms with Gasteiger partial charge in [-0.05, 0) is 23.6 Å². The van der Waals surface area contributed by atoms with Crippen LogP contribution in [0.4, 0.5) is 0 Å². The molecule has 0 saturated carbocycles. The van der Waals surface area contributed by atoms with Crippen LogP contribution in [-0.4, -0.2) is 64.7 Å². The molecule has 1 aliphatic heterocycles. The number of ether oxygens (including phenoxy) is 1. The van der Waals surface area contributed by atoms with E-state index in [-0.39, 0.29) is 36.7 Å². The first kappa shape index (κ1) is 22.1. The molecule has 2 heterocycles. The Balaban J connectivity index is 1.53. The highest BCUT2D eigenvalue weighted by Gasteiger charge is 2.39. The van der Waals surface area contributed by atoms with E-state index in [4.69, 9.17) is 4.74 Å². The van der Waals surface area contributed by atoms with Gasteiger partial charge in [0.15, 0.2) is 5.78 Å². The molecule has 32 heavy (non-hydrogen) atoms. The van der Waals surface area contributed by atoms with Gasteiger partial charge >= 0.3 is 0 Å². The first-order valence-corrected chi connectivity index (χ1v) is 11.1. The van der Waals surface area contributed by atoms with Crippen molar-refractivity contribution >= 4 is 17.6 Å². The molecule has 2 aliphatic rings. The third-order valence-corrected chi connectivity index (χ3v) is 5.94. The number of hydrogen-bond acceptors (Lipinski definition) is 5. The Bertz CT molecular complexity index is 992. The van der Waals surface area contributed by atoms with Crippen LogP contribution in [-0.2, 0) is 20.9 Å². The smallest absolute Gasteiger partial charge is 0.242 e. The minimum Gasteiger partial charge on any atom is -0.368 e. The van der Waals surface area contributed by atoms with E-state index in [9.17, 15) is 14.4 Å². The minimum absolute atomic E-state index is 0.00184. The number of nitrogens with zero attached hydrogens (tertiary/aromatic N) is 3. The highest BCUT2D eigenvalue weighted by Crippen LogP contribution is 2.34. The predicted molar refractivity (Wildman–Crippen MR) is 119 cm³/mol. The van der Waals surface area contributed by atoms with Crippen LogP contribution in [0.3, 0.4) is 0 Å². The van der Waals surface area contributed by atoms with Crippen molar-refractivity contribution in [2.45, 2.75) is 38.9 Å². The van der Waals surface area contributed by atoms with E-state index in [2.05, 4.69) is 18.8 Å². The van der Waals surface area contributed by atoms with E-state index in [1.54, 1.807) is 22.1 Å². The summed E-state index contributed by atoms with van der Waals surface area (Å²) in [5, 5.41) is 0. The first-order valence-electron chi connectivity index (χ1n) is 11.1. The molecule has 2 amide bonds. The Labute approximate surface area is 188 Å². The number of amides is 2. The summed E-state index contributed by atoms with van der Waals surface area (Å²) < 4.78 is 6.13. The Morgan fingerprint density at radius 1 is 1.12 bits per heavy atom. The highest BCUT2D eigenvalue weighted by atomic mass is 16.5. The van der Waals surface area contributed by atoms with Gasteiger partial charge in [0.1, 0.15) is 0 Å². The Morgan fingerprint density at radius 3 is 2.66 bits per heavy atom. The SMILES string of the molecule is CC(C)CN1C[C@@H](OCc2ccccn2)CN(C(=O)[C@H]2CC(=O)c3ccccc32)CC1=O. The maximum Gasteiger partial charge on any atom is 0.242 e. The average Bonchev–Trinajstić information content (AvgIpc) is 3.04. The second-order valence-electron chi connectivity index (χ2n) is 8.93. The number of rotatable bonds is 6. The van der Waals surface area contributed by atoms with Gasteiger partial charge in [-0.25, -0.2) is 0 Å². The fraction of sp³-hybridized carbons (Fsp3) is 0.440. The van der Waals surface area contributed by atoms with E-state index in [1.807, 2.05) is 36.4 Å². The molecule has 1 aromatic heterocycles. The second-order valence-corrected chi connectivity index (χ2v) is 8.93. The Morgan fingerprint density at radius 2 is 1.91 bits per heavy atom. The molecule has 2 atom stereocenters. The molecule has 1 saturated heterocycles. The number of Topliss-reactive ketones (excluding diaryl/α,β-unsaturated/α-hetero) is 1. The highest BCUT2D eigenvalue weighted by molar-refractivity contribution is 6.07. The van der Waals surface area contributed by atoms with Crippen molar-refractivity contribution in [2.24, 2.45) is 5.92 Å². The minimum atomic E-state index is -0.542. The second kappa shape index (κ2) is 9.61. The normalized spacial score (nSPS) is 21.1. The van der Waals surface area contributed by atoms with Crippen molar-refractivity contribution in [2.75, 3.05) is 26.2 Å². The predicted octanol–water partition coefficient (Wildman–Crippen LogP) is 2.66. The number of carbonyl (C=O) groups is 3. The number of carbonyl (C=O) groups excluding carboxylic acids is 3. The average molecular weight is 436 g/mol. The molecule has 7 nitrogen and oxygen atoms in total. The van der Waals surface area contributed by atoms with E-state index >= 15 is 0 Å². The van der Waals surface area contributed by atoms with Crippen LogP contribution in [0, 0.1) is 5.92 Å². The monoisotopic (exact) mass is 435 g/mol. The van der Waals surface area contributed by atoms with E-state index in [0.29, 0.717) is 37.7 Å². The molecule has 0 bridgehead atoms. The van der Waals surface area contributed by atoms with Crippen molar-refractivity contribution in [3.63, 3.8) is 0 Å². The van der Waals surface area contributed by atoms with Crippen LogP contribution in [0.2, 0.25) is 0 Å². The third kappa shape index (κ3) is 4.88. The molecular formula is C25H29N3O4. The lowest BCUT2D eigenvalue weighted by molar-refractivity contribution is -0.139. The number of pyridine rings is 1. The van der Waals surface area contributed by atoms with Gasteiger partial charge in [-0.3, -0.25) is 19.4 Å². The van der Waals surface area contributed by atoms with Crippen LogP contribution in [0.1, 0.15) is 47.8 Å². The lowest BCUT2D eigenvalue weighted by Gasteiger charge is -2.26. The van der Waals surface area contributed by atoms with Gasteiger partial charge in [-0.1, -0.05) is 44.2 Å². The number of aromatic nitrogens is 1. The molecule has 0 radical (unpaired) electrons. The van der Waals surface area contributed by atoms with Gasteiger partial charge in [0, 0.05) is 37.8 Å². The van der Waals surface area contributed by atoms with Gasteiger partial charge in [0.05, 0.1) is 30.9 Å². The molecule has 0 N–H and O–H groups in total. The maximum absolute atomic E-state index is 13.5. The van der Waals surface area contributed by atoms with Crippen LogP contribution < -0.4 is 0 Å². The topological polar surface area (TPSA) is 79.8 Å². The molecule has 1 fully saturated rings. The van der Waals surface area contributed by atoms with Crippen molar-refractivity contribution < 1.29 is 19.1 Å². The summed E-state index contributed by atoms with van der Waals surface area (Å²) in [4.78, 5) is 46.6. The molecule has 2 aromatic rings. The number of ketones is 1. The molecule has 7 heteroatoms. The summed E-state index contributed by atoms with van der Waals surface area (Å²) >= 11 is 0. The Hall–Kier alpha value is -3.06. The molecule has 1 aliphatic carbocycles. The molecule has 0 unspecified atom stereocenters. The number of benzene rings is 1. The molecular weight excluding hydrogens is 406 g/mol. The summed E-state index contributed by atoms with van der Waals surface area (Å²) in [5.74, 6) is -0.538. The van der Waals surface area contributed by atoms with Crippen molar-refractivity contribution in [1.29, 1.82) is 0 Å². The quantitative estimate of drug-likeness (QED) is 0.697. The van der Waals surface area contributed by atoms with Gasteiger partial charge in [-0.15, -0.1) is 0 Å². The Kier molecular flexibility index (Phi) is 6.65. The molecule has 0 spiro atoms.